The van der Waals surface area contributed by atoms with Crippen LogP contribution in [0.4, 0.5) is 0 Å². The number of amides is 1. The second-order valence-corrected chi connectivity index (χ2v) is 7.03. The third-order valence-corrected chi connectivity index (χ3v) is 4.96. The first-order valence-corrected chi connectivity index (χ1v) is 10.1. The number of aromatic amines is 1. The van der Waals surface area contributed by atoms with Gasteiger partial charge < -0.3 is 14.6 Å². The Balaban J connectivity index is 0.000000177. The van der Waals surface area contributed by atoms with Gasteiger partial charge in [0, 0.05) is 30.2 Å². The van der Waals surface area contributed by atoms with Gasteiger partial charge in [0.25, 0.3) is 0 Å². The molecule has 0 radical (unpaired) electrons. The highest BCUT2D eigenvalue weighted by atomic mass is 16.5. The number of methoxy groups -OCH3 is 1. The number of hydrogen-bond donors (Lipinski definition) is 1. The molecule has 154 valence electrons. The van der Waals surface area contributed by atoms with Crippen LogP contribution >= 0.6 is 0 Å². The molecule has 0 saturated heterocycles. The highest BCUT2D eigenvalue weighted by Gasteiger charge is 2.06. The Kier molecular flexibility index (Phi) is 7.67. The minimum absolute atomic E-state index is 0.652. The fraction of sp³-hybridized carbons (Fsp3) is 0.192. The van der Waals surface area contributed by atoms with Crippen LogP contribution in [0.3, 0.4) is 0 Å². The number of carbonyl (C=O) groups is 1. The molecule has 0 atom stereocenters. The van der Waals surface area contributed by atoms with Crippen LogP contribution < -0.4 is 4.74 Å². The number of rotatable bonds is 7. The molecular weight excluding hydrogens is 372 g/mol. The molecule has 1 aromatic heterocycles. The third-order valence-electron chi connectivity index (χ3n) is 4.96. The van der Waals surface area contributed by atoms with Gasteiger partial charge in [0.2, 0.25) is 6.41 Å². The molecule has 1 heterocycles. The zero-order valence-corrected chi connectivity index (χ0v) is 17.5. The maximum atomic E-state index is 11.0. The minimum Gasteiger partial charge on any atom is -0.496 e. The Bertz CT molecular complexity index is 1000. The summed E-state index contributed by atoms with van der Waals surface area (Å²) in [6.07, 6.45) is 3.98. The van der Waals surface area contributed by atoms with E-state index in [4.69, 9.17) is 4.74 Å². The molecule has 0 fully saturated rings. The Morgan fingerprint density at radius 2 is 1.47 bits per heavy atom. The summed E-state index contributed by atoms with van der Waals surface area (Å²) >= 11 is 0. The van der Waals surface area contributed by atoms with Crippen LogP contribution in [0.5, 0.6) is 5.75 Å². The maximum Gasteiger partial charge on any atom is 0.210 e. The van der Waals surface area contributed by atoms with Crippen molar-refractivity contribution in [3.8, 4) is 5.75 Å². The van der Waals surface area contributed by atoms with E-state index in [1.165, 1.54) is 10.9 Å². The first-order chi connectivity index (χ1) is 14.7. The van der Waals surface area contributed by atoms with E-state index in [0.29, 0.717) is 13.1 Å². The van der Waals surface area contributed by atoms with Gasteiger partial charge in [0.05, 0.1) is 7.11 Å². The average molecular weight is 401 g/mol. The second-order valence-electron chi connectivity index (χ2n) is 7.03. The highest BCUT2D eigenvalue weighted by Crippen LogP contribution is 2.28. The smallest absolute Gasteiger partial charge is 0.210 e. The average Bonchev–Trinajstić information content (AvgIpc) is 3.24. The van der Waals surface area contributed by atoms with Crippen molar-refractivity contribution < 1.29 is 9.53 Å². The first kappa shape index (κ1) is 21.2. The van der Waals surface area contributed by atoms with E-state index in [0.717, 1.165) is 35.2 Å². The number of aromatic nitrogens is 1. The lowest BCUT2D eigenvalue weighted by Gasteiger charge is -2.17. The van der Waals surface area contributed by atoms with Crippen molar-refractivity contribution in [3.63, 3.8) is 0 Å². The molecule has 0 bridgehead atoms. The fourth-order valence-corrected chi connectivity index (χ4v) is 3.43. The lowest BCUT2D eigenvalue weighted by molar-refractivity contribution is -0.119. The van der Waals surface area contributed by atoms with Gasteiger partial charge in [-0.25, -0.2) is 0 Å². The molecule has 4 heteroatoms. The van der Waals surface area contributed by atoms with E-state index >= 15 is 0 Å². The molecule has 0 aliphatic carbocycles. The van der Waals surface area contributed by atoms with Crippen LogP contribution in [0, 0.1) is 0 Å². The number of nitrogens with zero attached hydrogens (tertiary/aromatic N) is 1. The number of aryl methyl sites for hydroxylation is 1. The van der Waals surface area contributed by atoms with Crippen molar-refractivity contribution in [2.24, 2.45) is 0 Å². The second kappa shape index (κ2) is 10.9. The van der Waals surface area contributed by atoms with Gasteiger partial charge in [-0.3, -0.25) is 4.79 Å². The zero-order chi connectivity index (χ0) is 21.2. The van der Waals surface area contributed by atoms with E-state index in [1.807, 2.05) is 79.0 Å². The van der Waals surface area contributed by atoms with Gasteiger partial charge in [0.15, 0.2) is 0 Å². The van der Waals surface area contributed by atoms with E-state index in [-0.39, 0.29) is 0 Å². The molecule has 0 aliphatic rings. The predicted octanol–water partition coefficient (Wildman–Crippen LogP) is 5.58. The quantitative estimate of drug-likeness (QED) is 0.411. The van der Waals surface area contributed by atoms with Crippen molar-refractivity contribution in [1.82, 2.24) is 9.88 Å². The minimum atomic E-state index is 0.652. The molecule has 1 N–H and O–H groups in total. The SMILES string of the molecule is CCc1c[nH]c2cccc(OC)c12.O=CN(Cc1ccccc1)Cc1ccccc1. The van der Waals surface area contributed by atoms with Crippen LogP contribution in [-0.2, 0) is 24.3 Å². The highest BCUT2D eigenvalue weighted by molar-refractivity contribution is 5.89. The molecule has 4 rings (SSSR count). The van der Waals surface area contributed by atoms with Gasteiger partial charge in [0.1, 0.15) is 5.75 Å². The number of H-pyrrole nitrogens is 1. The van der Waals surface area contributed by atoms with Crippen LogP contribution in [0.15, 0.2) is 85.1 Å². The predicted molar refractivity (Wildman–Crippen MR) is 122 cm³/mol. The first-order valence-electron chi connectivity index (χ1n) is 10.1. The van der Waals surface area contributed by atoms with Crippen molar-refractivity contribution in [3.05, 3.63) is 102 Å². The number of benzene rings is 3. The molecule has 30 heavy (non-hydrogen) atoms. The number of fused-ring (bicyclic) bond motifs is 1. The summed E-state index contributed by atoms with van der Waals surface area (Å²) in [6, 6.07) is 26.1. The third kappa shape index (κ3) is 5.51. The monoisotopic (exact) mass is 400 g/mol. The Morgan fingerprint density at radius 3 is 1.97 bits per heavy atom. The molecule has 0 unspecified atom stereocenters. The number of nitrogens with one attached hydrogen (secondary N) is 1. The Labute approximate surface area is 178 Å². The summed E-state index contributed by atoms with van der Waals surface area (Å²) in [5, 5.41) is 1.22. The zero-order valence-electron chi connectivity index (χ0n) is 17.5. The summed E-state index contributed by atoms with van der Waals surface area (Å²) in [6.45, 7) is 3.45. The van der Waals surface area contributed by atoms with Crippen LogP contribution in [0.2, 0.25) is 0 Å². The van der Waals surface area contributed by atoms with Gasteiger partial charge in [-0.05, 0) is 35.2 Å². The topological polar surface area (TPSA) is 45.3 Å². The Morgan fingerprint density at radius 1 is 0.867 bits per heavy atom. The lowest BCUT2D eigenvalue weighted by Crippen LogP contribution is -2.20. The van der Waals surface area contributed by atoms with Gasteiger partial charge in [-0.15, -0.1) is 0 Å². The van der Waals surface area contributed by atoms with Crippen molar-refractivity contribution in [2.45, 2.75) is 26.4 Å². The molecule has 1 amide bonds. The van der Waals surface area contributed by atoms with Crippen molar-refractivity contribution >= 4 is 17.3 Å². The van der Waals surface area contributed by atoms with Crippen molar-refractivity contribution in [2.75, 3.05) is 7.11 Å². The van der Waals surface area contributed by atoms with E-state index in [1.54, 1.807) is 12.0 Å². The number of carbonyl (C=O) groups excluding carboxylic acids is 1. The van der Waals surface area contributed by atoms with Crippen molar-refractivity contribution in [1.29, 1.82) is 0 Å². The fourth-order valence-electron chi connectivity index (χ4n) is 3.43. The number of ether oxygens (including phenoxy) is 1. The van der Waals surface area contributed by atoms with Gasteiger partial charge in [-0.2, -0.15) is 0 Å². The van der Waals surface area contributed by atoms with Crippen LogP contribution in [-0.4, -0.2) is 23.4 Å². The number of hydrogen-bond acceptors (Lipinski definition) is 2. The maximum absolute atomic E-state index is 11.0. The molecule has 4 nitrogen and oxygen atoms in total. The van der Waals surface area contributed by atoms with E-state index in [9.17, 15) is 4.79 Å². The standard InChI is InChI=1S/C15H15NO.C11H13NO/c17-13-16(11-14-7-3-1-4-8-14)12-15-9-5-2-6-10-15;1-3-8-7-12-9-5-4-6-10(13-2)11(8)9/h1-10,13H,11-12H2;4-7,12H,3H2,1-2H3. The molecule has 0 saturated carbocycles. The summed E-state index contributed by atoms with van der Waals surface area (Å²) in [5.74, 6) is 0.954. The van der Waals surface area contributed by atoms with E-state index < -0.39 is 0 Å². The molecular formula is C26H28N2O2. The summed E-state index contributed by atoms with van der Waals surface area (Å²) in [5.41, 5.74) is 4.76. The molecule has 4 aromatic rings. The Hall–Kier alpha value is -3.53. The molecule has 0 spiro atoms. The summed E-state index contributed by atoms with van der Waals surface area (Å²) in [4.78, 5) is 16.0. The van der Waals surface area contributed by atoms with Gasteiger partial charge in [-0.1, -0.05) is 73.7 Å². The largest absolute Gasteiger partial charge is 0.496 e. The van der Waals surface area contributed by atoms with Crippen LogP contribution in [0.1, 0.15) is 23.6 Å². The van der Waals surface area contributed by atoms with Crippen LogP contribution in [0.25, 0.3) is 10.9 Å². The molecule has 3 aromatic carbocycles. The molecule has 0 aliphatic heterocycles. The summed E-state index contributed by atoms with van der Waals surface area (Å²) in [7, 11) is 1.71. The van der Waals surface area contributed by atoms with Gasteiger partial charge >= 0.3 is 0 Å². The lowest BCUT2D eigenvalue weighted by atomic mass is 10.1. The van der Waals surface area contributed by atoms with E-state index in [2.05, 4.69) is 18.0 Å². The normalized spacial score (nSPS) is 10.2. The summed E-state index contributed by atoms with van der Waals surface area (Å²) < 4.78 is 5.31.